The van der Waals surface area contributed by atoms with Crippen LogP contribution in [0.3, 0.4) is 0 Å². The van der Waals surface area contributed by atoms with Crippen molar-refractivity contribution in [2.24, 2.45) is 5.92 Å². The Balaban J connectivity index is 1.79. The molecule has 1 atom stereocenters. The van der Waals surface area contributed by atoms with Crippen LogP contribution in [-0.2, 0) is 16.0 Å². The molecule has 116 valence electrons. The smallest absolute Gasteiger partial charge is 0.308 e. The van der Waals surface area contributed by atoms with Gasteiger partial charge >= 0.3 is 5.97 Å². The number of carbonyl (C=O) groups is 2. The molecule has 1 aromatic rings. The Morgan fingerprint density at radius 2 is 2.19 bits per heavy atom. The Morgan fingerprint density at radius 3 is 2.81 bits per heavy atom. The summed E-state index contributed by atoms with van der Waals surface area (Å²) in [6.45, 7) is 5.31. The van der Waals surface area contributed by atoms with Gasteiger partial charge < -0.3 is 10.0 Å². The standard InChI is InChI=1S/C16H23NO3S/c1-11-9-13(12(2)21-11)5-3-7-15(18)17-8-4-6-14(10-17)16(19)20/h9,14H,3-8,10H2,1-2H3,(H,19,20)/t14-/m1/s1. The highest BCUT2D eigenvalue weighted by molar-refractivity contribution is 7.12. The molecule has 0 saturated carbocycles. The van der Waals surface area contributed by atoms with Gasteiger partial charge in [-0.25, -0.2) is 0 Å². The van der Waals surface area contributed by atoms with Gasteiger partial charge in [0.05, 0.1) is 5.92 Å². The Bertz CT molecular complexity index is 524. The van der Waals surface area contributed by atoms with Crippen LogP contribution in [0.1, 0.15) is 41.0 Å². The van der Waals surface area contributed by atoms with Crippen LogP contribution >= 0.6 is 11.3 Å². The number of thiophene rings is 1. The molecule has 0 radical (unpaired) electrons. The normalized spacial score (nSPS) is 18.8. The molecule has 0 aliphatic carbocycles. The fourth-order valence-corrected chi connectivity index (χ4v) is 3.90. The van der Waals surface area contributed by atoms with Crippen molar-refractivity contribution in [1.29, 1.82) is 0 Å². The molecule has 5 heteroatoms. The predicted molar refractivity (Wildman–Crippen MR) is 83.7 cm³/mol. The number of aryl methyl sites for hydroxylation is 3. The summed E-state index contributed by atoms with van der Waals surface area (Å²) in [5.41, 5.74) is 1.34. The first-order valence-electron chi connectivity index (χ1n) is 7.54. The van der Waals surface area contributed by atoms with E-state index in [1.807, 2.05) is 0 Å². The van der Waals surface area contributed by atoms with Crippen LogP contribution in [0.2, 0.25) is 0 Å². The third kappa shape index (κ3) is 4.30. The Kier molecular flexibility index (Phi) is 5.39. The molecule has 0 unspecified atom stereocenters. The van der Waals surface area contributed by atoms with E-state index in [1.54, 1.807) is 16.2 Å². The van der Waals surface area contributed by atoms with Gasteiger partial charge in [0.15, 0.2) is 0 Å². The van der Waals surface area contributed by atoms with Gasteiger partial charge in [0.2, 0.25) is 5.91 Å². The molecule has 1 aliphatic heterocycles. The van der Waals surface area contributed by atoms with Gasteiger partial charge in [0.1, 0.15) is 0 Å². The molecule has 0 spiro atoms. The summed E-state index contributed by atoms with van der Waals surface area (Å²) in [4.78, 5) is 27.6. The molecule has 4 nitrogen and oxygen atoms in total. The van der Waals surface area contributed by atoms with Gasteiger partial charge in [-0.1, -0.05) is 0 Å². The second kappa shape index (κ2) is 7.07. The number of piperidine rings is 1. The SMILES string of the molecule is Cc1cc(CCCC(=O)N2CCC[C@@H](C(=O)O)C2)c(C)s1. The van der Waals surface area contributed by atoms with Crippen molar-refractivity contribution in [1.82, 2.24) is 4.90 Å². The first-order chi connectivity index (χ1) is 9.97. The van der Waals surface area contributed by atoms with Crippen molar-refractivity contribution in [3.8, 4) is 0 Å². The predicted octanol–water partition coefficient (Wildman–Crippen LogP) is 3.01. The van der Waals surface area contributed by atoms with Crippen LogP contribution in [0.4, 0.5) is 0 Å². The Hall–Kier alpha value is -1.36. The van der Waals surface area contributed by atoms with E-state index in [4.69, 9.17) is 5.11 Å². The number of carbonyl (C=O) groups excluding carboxylic acids is 1. The lowest BCUT2D eigenvalue weighted by Gasteiger charge is -2.30. The summed E-state index contributed by atoms with van der Waals surface area (Å²) < 4.78 is 0. The van der Waals surface area contributed by atoms with Crippen molar-refractivity contribution < 1.29 is 14.7 Å². The Morgan fingerprint density at radius 1 is 1.43 bits per heavy atom. The second-order valence-corrected chi connectivity index (χ2v) is 7.27. The summed E-state index contributed by atoms with van der Waals surface area (Å²) in [7, 11) is 0. The number of aliphatic carboxylic acids is 1. The number of hydrogen-bond donors (Lipinski definition) is 1. The average Bonchev–Trinajstić information content (AvgIpc) is 2.77. The third-order valence-electron chi connectivity index (χ3n) is 4.10. The zero-order valence-corrected chi connectivity index (χ0v) is 13.5. The molecule has 1 amide bonds. The molecule has 0 bridgehead atoms. The second-order valence-electron chi connectivity index (χ2n) is 5.81. The monoisotopic (exact) mass is 309 g/mol. The van der Waals surface area contributed by atoms with E-state index < -0.39 is 5.97 Å². The van der Waals surface area contributed by atoms with Crippen molar-refractivity contribution in [2.45, 2.75) is 46.0 Å². The summed E-state index contributed by atoms with van der Waals surface area (Å²) in [5, 5.41) is 9.06. The van der Waals surface area contributed by atoms with Crippen molar-refractivity contribution in [3.63, 3.8) is 0 Å². The van der Waals surface area contributed by atoms with E-state index in [2.05, 4.69) is 19.9 Å². The number of carboxylic acid groups (broad SMARTS) is 1. The van der Waals surface area contributed by atoms with E-state index >= 15 is 0 Å². The molecule has 1 N–H and O–H groups in total. The minimum absolute atomic E-state index is 0.102. The van der Waals surface area contributed by atoms with Gasteiger partial charge in [-0.05, 0) is 51.2 Å². The van der Waals surface area contributed by atoms with Gasteiger partial charge in [0, 0.05) is 29.3 Å². The first-order valence-corrected chi connectivity index (χ1v) is 8.35. The van der Waals surface area contributed by atoms with Crippen LogP contribution in [-0.4, -0.2) is 35.0 Å². The number of amides is 1. The third-order valence-corrected chi connectivity index (χ3v) is 5.11. The maximum atomic E-state index is 12.2. The van der Waals surface area contributed by atoms with Crippen LogP contribution in [0, 0.1) is 19.8 Å². The molecule has 0 aromatic carbocycles. The number of nitrogens with zero attached hydrogens (tertiary/aromatic N) is 1. The maximum absolute atomic E-state index is 12.2. The molecule has 1 saturated heterocycles. The highest BCUT2D eigenvalue weighted by Gasteiger charge is 2.27. The van der Waals surface area contributed by atoms with Crippen LogP contribution < -0.4 is 0 Å². The summed E-state index contributed by atoms with van der Waals surface area (Å²) in [6.07, 6.45) is 3.76. The zero-order valence-electron chi connectivity index (χ0n) is 12.7. The van der Waals surface area contributed by atoms with E-state index in [0.717, 1.165) is 19.3 Å². The molecule has 1 aliphatic rings. The highest BCUT2D eigenvalue weighted by atomic mass is 32.1. The van der Waals surface area contributed by atoms with E-state index in [9.17, 15) is 9.59 Å². The largest absolute Gasteiger partial charge is 0.481 e. The van der Waals surface area contributed by atoms with Crippen LogP contribution in [0.5, 0.6) is 0 Å². The summed E-state index contributed by atoms with van der Waals surface area (Å²) >= 11 is 1.80. The molecule has 1 aromatic heterocycles. The topological polar surface area (TPSA) is 57.6 Å². The van der Waals surface area contributed by atoms with Crippen LogP contribution in [0.25, 0.3) is 0 Å². The van der Waals surface area contributed by atoms with Gasteiger partial charge in [-0.3, -0.25) is 9.59 Å². The van der Waals surface area contributed by atoms with Gasteiger partial charge in [-0.15, -0.1) is 11.3 Å². The molecular weight excluding hydrogens is 286 g/mol. The molecular formula is C16H23NO3S. The number of carboxylic acids is 1. The van der Waals surface area contributed by atoms with Crippen molar-refractivity contribution >= 4 is 23.2 Å². The number of rotatable bonds is 5. The lowest BCUT2D eigenvalue weighted by Crippen LogP contribution is -2.42. The minimum atomic E-state index is -0.781. The van der Waals surface area contributed by atoms with Crippen molar-refractivity contribution in [2.75, 3.05) is 13.1 Å². The quantitative estimate of drug-likeness (QED) is 0.909. The molecule has 1 fully saturated rings. The fourth-order valence-electron chi connectivity index (χ4n) is 2.93. The number of hydrogen-bond acceptors (Lipinski definition) is 3. The average molecular weight is 309 g/mol. The summed E-state index contributed by atoms with van der Waals surface area (Å²) in [5.74, 6) is -1.06. The van der Waals surface area contributed by atoms with E-state index in [-0.39, 0.29) is 11.8 Å². The van der Waals surface area contributed by atoms with Gasteiger partial charge in [0.25, 0.3) is 0 Å². The van der Waals surface area contributed by atoms with Crippen molar-refractivity contribution in [3.05, 3.63) is 21.4 Å². The highest BCUT2D eigenvalue weighted by Crippen LogP contribution is 2.23. The van der Waals surface area contributed by atoms with Crippen LogP contribution in [0.15, 0.2) is 6.07 Å². The van der Waals surface area contributed by atoms with E-state index in [1.165, 1.54) is 15.3 Å². The molecule has 2 heterocycles. The first kappa shape index (κ1) is 16.0. The molecule has 21 heavy (non-hydrogen) atoms. The zero-order chi connectivity index (χ0) is 15.4. The lowest BCUT2D eigenvalue weighted by molar-refractivity contribution is -0.145. The maximum Gasteiger partial charge on any atom is 0.308 e. The van der Waals surface area contributed by atoms with Gasteiger partial charge in [-0.2, -0.15) is 0 Å². The Labute approximate surface area is 129 Å². The van der Waals surface area contributed by atoms with E-state index in [0.29, 0.717) is 25.9 Å². The summed E-state index contributed by atoms with van der Waals surface area (Å²) in [6, 6.07) is 2.20. The molecule has 2 rings (SSSR count). The lowest BCUT2D eigenvalue weighted by atomic mass is 9.98. The fraction of sp³-hybridized carbons (Fsp3) is 0.625. The minimum Gasteiger partial charge on any atom is -0.481 e. The number of likely N-dealkylation sites (tertiary alicyclic amines) is 1.